The molecular formula is C16H19N7OS. The van der Waals surface area contributed by atoms with Gasteiger partial charge in [-0.2, -0.15) is 5.10 Å². The van der Waals surface area contributed by atoms with E-state index in [1.165, 1.54) is 11.3 Å². The highest BCUT2D eigenvalue weighted by Crippen LogP contribution is 2.36. The fraction of sp³-hybridized carbons (Fsp3) is 0.375. The number of amides is 1. The van der Waals surface area contributed by atoms with Crippen LogP contribution in [-0.4, -0.2) is 36.5 Å². The smallest absolute Gasteiger partial charge is 0.263 e. The van der Waals surface area contributed by atoms with E-state index in [9.17, 15) is 4.79 Å². The second kappa shape index (κ2) is 6.32. The van der Waals surface area contributed by atoms with Gasteiger partial charge in [0.25, 0.3) is 5.91 Å². The van der Waals surface area contributed by atoms with E-state index < -0.39 is 0 Å². The van der Waals surface area contributed by atoms with Crippen molar-refractivity contribution >= 4 is 22.9 Å². The Morgan fingerprint density at radius 2 is 2.28 bits per heavy atom. The molecule has 1 aliphatic carbocycles. The van der Waals surface area contributed by atoms with Crippen LogP contribution in [0.25, 0.3) is 0 Å². The predicted molar refractivity (Wildman–Crippen MR) is 94.3 cm³/mol. The first kappa shape index (κ1) is 15.8. The molecule has 1 aliphatic rings. The van der Waals surface area contributed by atoms with Gasteiger partial charge in [-0.05, 0) is 30.4 Å². The second-order valence-corrected chi connectivity index (χ2v) is 7.20. The normalized spacial score (nSPS) is 19.6. The Morgan fingerprint density at radius 1 is 1.44 bits per heavy atom. The standard InChI is InChI=1S/C16H19N7OS/c1-22-13(9-23-5-2-4-18-23)20-21-15(22)10-7-11(8-10)19-16(24)14-12(17)3-6-25-14/h2-6,10-11H,7-9,17H2,1H3,(H,19,24). The van der Waals surface area contributed by atoms with Gasteiger partial charge in [0.1, 0.15) is 17.2 Å². The Balaban J connectivity index is 1.35. The van der Waals surface area contributed by atoms with Crippen molar-refractivity contribution < 1.29 is 4.79 Å². The molecule has 3 aromatic heterocycles. The van der Waals surface area contributed by atoms with E-state index in [1.807, 2.05) is 33.9 Å². The summed E-state index contributed by atoms with van der Waals surface area (Å²) in [6.45, 7) is 0.598. The van der Waals surface area contributed by atoms with Crippen LogP contribution in [0.4, 0.5) is 5.69 Å². The number of carbonyl (C=O) groups is 1. The van der Waals surface area contributed by atoms with Crippen LogP contribution in [0.5, 0.6) is 0 Å². The zero-order chi connectivity index (χ0) is 17.4. The summed E-state index contributed by atoms with van der Waals surface area (Å²) in [4.78, 5) is 12.8. The number of thiophene rings is 1. The van der Waals surface area contributed by atoms with Crippen LogP contribution in [0.1, 0.15) is 40.1 Å². The first-order chi connectivity index (χ1) is 12.1. The number of nitrogens with two attached hydrogens (primary N) is 1. The summed E-state index contributed by atoms with van der Waals surface area (Å²) in [6, 6.07) is 3.80. The van der Waals surface area contributed by atoms with Gasteiger partial charge in [0, 0.05) is 31.4 Å². The maximum atomic E-state index is 12.2. The summed E-state index contributed by atoms with van der Waals surface area (Å²) in [5, 5.41) is 17.7. The molecule has 8 nitrogen and oxygen atoms in total. The lowest BCUT2D eigenvalue weighted by atomic mass is 9.79. The molecule has 0 aliphatic heterocycles. The van der Waals surface area contributed by atoms with E-state index in [-0.39, 0.29) is 11.9 Å². The first-order valence-electron chi connectivity index (χ1n) is 8.11. The zero-order valence-corrected chi connectivity index (χ0v) is 14.6. The van der Waals surface area contributed by atoms with E-state index >= 15 is 0 Å². The summed E-state index contributed by atoms with van der Waals surface area (Å²) in [6.07, 6.45) is 5.38. The summed E-state index contributed by atoms with van der Waals surface area (Å²) >= 11 is 1.37. The third-order valence-electron chi connectivity index (χ3n) is 4.60. The van der Waals surface area contributed by atoms with Crippen LogP contribution in [-0.2, 0) is 13.6 Å². The zero-order valence-electron chi connectivity index (χ0n) is 13.8. The van der Waals surface area contributed by atoms with Crippen LogP contribution in [0.15, 0.2) is 29.9 Å². The number of hydrogen-bond donors (Lipinski definition) is 2. The summed E-state index contributed by atoms with van der Waals surface area (Å²) in [5.74, 6) is 2.06. The van der Waals surface area contributed by atoms with Gasteiger partial charge >= 0.3 is 0 Å². The monoisotopic (exact) mass is 357 g/mol. The van der Waals surface area contributed by atoms with Crippen molar-refractivity contribution in [3.8, 4) is 0 Å². The lowest BCUT2D eigenvalue weighted by molar-refractivity contribution is 0.0912. The third-order valence-corrected chi connectivity index (χ3v) is 5.53. The van der Waals surface area contributed by atoms with E-state index in [4.69, 9.17) is 5.73 Å². The highest BCUT2D eigenvalue weighted by molar-refractivity contribution is 7.12. The Labute approximate surface area is 148 Å². The minimum Gasteiger partial charge on any atom is -0.397 e. The molecule has 9 heteroatoms. The lowest BCUT2D eigenvalue weighted by Gasteiger charge is -2.34. The average molecular weight is 357 g/mol. The Morgan fingerprint density at radius 3 is 2.96 bits per heavy atom. The van der Waals surface area contributed by atoms with E-state index in [0.717, 1.165) is 24.5 Å². The number of rotatable bonds is 5. The van der Waals surface area contributed by atoms with Crippen molar-refractivity contribution in [3.63, 3.8) is 0 Å². The number of nitrogens with zero attached hydrogens (tertiary/aromatic N) is 5. The van der Waals surface area contributed by atoms with Crippen molar-refractivity contribution in [2.24, 2.45) is 7.05 Å². The van der Waals surface area contributed by atoms with Gasteiger partial charge in [0.2, 0.25) is 0 Å². The molecule has 130 valence electrons. The predicted octanol–water partition coefficient (Wildman–Crippen LogP) is 1.38. The molecule has 4 rings (SSSR count). The van der Waals surface area contributed by atoms with E-state index in [2.05, 4.69) is 20.6 Å². The summed E-state index contributed by atoms with van der Waals surface area (Å²) < 4.78 is 3.85. The molecule has 1 fully saturated rings. The number of anilines is 1. The Bertz CT molecular complexity index is 876. The Hall–Kier alpha value is -2.68. The number of nitrogens with one attached hydrogen (secondary N) is 1. The van der Waals surface area contributed by atoms with Gasteiger partial charge in [0.05, 0.1) is 5.69 Å². The number of carbonyl (C=O) groups excluding carboxylic acids is 1. The molecular weight excluding hydrogens is 338 g/mol. The SMILES string of the molecule is Cn1c(Cn2cccn2)nnc1C1CC(NC(=O)c2sccc2N)C1. The fourth-order valence-corrected chi connectivity index (χ4v) is 3.83. The number of nitrogen functional groups attached to an aromatic ring is 1. The molecule has 0 bridgehead atoms. The molecule has 0 atom stereocenters. The van der Waals surface area contributed by atoms with Crippen LogP contribution < -0.4 is 11.1 Å². The quantitative estimate of drug-likeness (QED) is 0.718. The van der Waals surface area contributed by atoms with Gasteiger partial charge < -0.3 is 15.6 Å². The van der Waals surface area contributed by atoms with Crippen LogP contribution in [0.3, 0.4) is 0 Å². The molecule has 0 radical (unpaired) electrons. The van der Waals surface area contributed by atoms with E-state index in [0.29, 0.717) is 23.0 Å². The number of aromatic nitrogens is 5. The molecule has 1 saturated carbocycles. The molecule has 25 heavy (non-hydrogen) atoms. The van der Waals surface area contributed by atoms with Crippen molar-refractivity contribution in [2.45, 2.75) is 31.3 Å². The van der Waals surface area contributed by atoms with Crippen LogP contribution in [0.2, 0.25) is 0 Å². The van der Waals surface area contributed by atoms with Crippen molar-refractivity contribution in [1.82, 2.24) is 29.9 Å². The third kappa shape index (κ3) is 3.02. The first-order valence-corrected chi connectivity index (χ1v) is 8.99. The van der Waals surface area contributed by atoms with Gasteiger partial charge in [-0.3, -0.25) is 9.48 Å². The minimum atomic E-state index is -0.0895. The second-order valence-electron chi connectivity index (χ2n) is 6.28. The molecule has 1 amide bonds. The molecule has 3 heterocycles. The fourth-order valence-electron chi connectivity index (χ4n) is 3.11. The number of hydrogen-bond acceptors (Lipinski definition) is 6. The summed E-state index contributed by atoms with van der Waals surface area (Å²) in [7, 11) is 1.98. The topological polar surface area (TPSA) is 104 Å². The molecule has 3 aromatic rings. The Kier molecular flexibility index (Phi) is 4.00. The van der Waals surface area contributed by atoms with Crippen LogP contribution >= 0.6 is 11.3 Å². The van der Waals surface area contributed by atoms with Gasteiger partial charge in [-0.1, -0.05) is 0 Å². The van der Waals surface area contributed by atoms with Crippen LogP contribution in [0, 0.1) is 0 Å². The van der Waals surface area contributed by atoms with E-state index in [1.54, 1.807) is 12.3 Å². The van der Waals surface area contributed by atoms with Crippen molar-refractivity contribution in [2.75, 3.05) is 5.73 Å². The van der Waals surface area contributed by atoms with Gasteiger partial charge in [-0.15, -0.1) is 21.5 Å². The summed E-state index contributed by atoms with van der Waals surface area (Å²) in [5.41, 5.74) is 6.33. The largest absolute Gasteiger partial charge is 0.397 e. The molecule has 0 aromatic carbocycles. The average Bonchev–Trinajstić information content (AvgIpc) is 3.27. The highest BCUT2D eigenvalue weighted by atomic mass is 32.1. The van der Waals surface area contributed by atoms with Crippen molar-refractivity contribution in [1.29, 1.82) is 0 Å². The molecule has 3 N–H and O–H groups in total. The maximum Gasteiger partial charge on any atom is 0.263 e. The molecule has 0 spiro atoms. The maximum absolute atomic E-state index is 12.2. The molecule has 0 unspecified atom stereocenters. The minimum absolute atomic E-state index is 0.0895. The highest BCUT2D eigenvalue weighted by Gasteiger charge is 2.35. The van der Waals surface area contributed by atoms with Gasteiger partial charge in [0.15, 0.2) is 5.82 Å². The van der Waals surface area contributed by atoms with Gasteiger partial charge in [-0.25, -0.2) is 0 Å². The lowest BCUT2D eigenvalue weighted by Crippen LogP contribution is -2.43. The van der Waals surface area contributed by atoms with Crippen molar-refractivity contribution in [3.05, 3.63) is 46.4 Å². The molecule has 0 saturated heterocycles.